The van der Waals surface area contributed by atoms with Gasteiger partial charge in [0.2, 0.25) is 17.7 Å². The van der Waals surface area contributed by atoms with Gasteiger partial charge in [0.05, 0.1) is 6.61 Å². The third kappa shape index (κ3) is 14.6. The van der Waals surface area contributed by atoms with Crippen molar-refractivity contribution in [3.05, 3.63) is 48.0 Å². The fraction of sp³-hybridized carbons (Fsp3) is 0.548. The summed E-state index contributed by atoms with van der Waals surface area (Å²) in [5, 5.41) is 13.4. The number of nitrogens with one attached hydrogen (secondary N) is 5. The van der Waals surface area contributed by atoms with Crippen molar-refractivity contribution >= 4 is 35.8 Å². The van der Waals surface area contributed by atoms with E-state index in [0.717, 1.165) is 5.56 Å². The van der Waals surface area contributed by atoms with Crippen LogP contribution in [0.4, 0.5) is 9.59 Å². The van der Waals surface area contributed by atoms with Gasteiger partial charge in [-0.15, -0.1) is 0 Å². The molecule has 6 amide bonds. The Labute approximate surface area is 263 Å². The number of rotatable bonds is 18. The highest BCUT2D eigenvalue weighted by molar-refractivity contribution is 5.91. The second-order valence-corrected chi connectivity index (χ2v) is 11.1. The van der Waals surface area contributed by atoms with Crippen LogP contribution in [0.15, 0.2) is 42.5 Å². The normalized spacial score (nSPS) is 16.3. The average molecular weight is 631 g/mol. The molecule has 0 aliphatic carbocycles. The minimum absolute atomic E-state index is 0.00259. The zero-order chi connectivity index (χ0) is 33.2. The Bertz CT molecular complexity index is 1180. The van der Waals surface area contributed by atoms with Crippen molar-refractivity contribution < 1.29 is 38.2 Å². The van der Waals surface area contributed by atoms with Gasteiger partial charge in [0, 0.05) is 31.1 Å². The number of carbonyl (C=O) groups excluding carboxylic acids is 6. The lowest BCUT2D eigenvalue weighted by atomic mass is 9.96. The topological polar surface area (TPSA) is 207 Å². The van der Waals surface area contributed by atoms with E-state index < -0.39 is 48.0 Å². The smallest absolute Gasteiger partial charge is 0.408 e. The third-order valence-electron chi connectivity index (χ3n) is 6.91. The second-order valence-electron chi connectivity index (χ2n) is 11.1. The molecule has 0 unspecified atom stereocenters. The van der Waals surface area contributed by atoms with E-state index >= 15 is 0 Å². The Hall–Kier alpha value is -4.62. The van der Waals surface area contributed by atoms with Gasteiger partial charge in [0.25, 0.3) is 0 Å². The standard InChI is InChI=1S/C31H46N6O8/c1-4-44-26(38)13-12-23(18-22-14-16-33-27(22)39)35-29(41)25(17-20(2)3)36-28(40)24(11-8-15-34-30(32)42)37-31(43)45-19-21-9-6-5-7-10-21/h5-7,9-10,12-13,20,22-25H,4,8,11,14-19H2,1-3H3,(H,33,39)(H,35,41)(H,36,40)(H,37,43)(H3,32,34,42)/t22-,23+,24-,25-/m0/s1. The molecule has 45 heavy (non-hydrogen) atoms. The summed E-state index contributed by atoms with van der Waals surface area (Å²) in [5.41, 5.74) is 5.88. The van der Waals surface area contributed by atoms with E-state index in [-0.39, 0.29) is 56.8 Å². The summed E-state index contributed by atoms with van der Waals surface area (Å²) in [5.74, 6) is -2.22. The van der Waals surface area contributed by atoms with Crippen molar-refractivity contribution in [3.63, 3.8) is 0 Å². The summed E-state index contributed by atoms with van der Waals surface area (Å²) in [6.45, 7) is 6.31. The summed E-state index contributed by atoms with van der Waals surface area (Å²) in [6, 6.07) is 5.51. The molecule has 248 valence electrons. The molecule has 1 aromatic carbocycles. The summed E-state index contributed by atoms with van der Waals surface area (Å²) in [4.78, 5) is 74.9. The van der Waals surface area contributed by atoms with E-state index in [2.05, 4.69) is 26.6 Å². The van der Waals surface area contributed by atoms with E-state index in [9.17, 15) is 28.8 Å². The first-order chi connectivity index (χ1) is 21.5. The van der Waals surface area contributed by atoms with E-state index in [1.54, 1.807) is 31.2 Å². The molecule has 1 heterocycles. The van der Waals surface area contributed by atoms with E-state index in [4.69, 9.17) is 15.2 Å². The number of urea groups is 1. The van der Waals surface area contributed by atoms with Gasteiger partial charge in [-0.25, -0.2) is 14.4 Å². The lowest BCUT2D eigenvalue weighted by molar-refractivity contribution is -0.137. The average Bonchev–Trinajstić information content (AvgIpc) is 3.40. The largest absolute Gasteiger partial charge is 0.463 e. The van der Waals surface area contributed by atoms with Gasteiger partial charge in [0.15, 0.2) is 0 Å². The van der Waals surface area contributed by atoms with E-state index in [1.165, 1.54) is 12.2 Å². The van der Waals surface area contributed by atoms with Crippen molar-refractivity contribution in [2.75, 3.05) is 19.7 Å². The summed E-state index contributed by atoms with van der Waals surface area (Å²) < 4.78 is 10.2. The van der Waals surface area contributed by atoms with Crippen LogP contribution in [0.3, 0.4) is 0 Å². The molecular weight excluding hydrogens is 584 g/mol. The highest BCUT2D eigenvalue weighted by Gasteiger charge is 2.31. The van der Waals surface area contributed by atoms with Crippen LogP contribution in [-0.4, -0.2) is 73.6 Å². The van der Waals surface area contributed by atoms with Crippen LogP contribution in [0.1, 0.15) is 58.4 Å². The summed E-state index contributed by atoms with van der Waals surface area (Å²) in [7, 11) is 0. The number of amides is 6. The van der Waals surface area contributed by atoms with Crippen molar-refractivity contribution in [1.82, 2.24) is 26.6 Å². The molecule has 1 aromatic rings. The van der Waals surface area contributed by atoms with E-state index in [1.807, 2.05) is 19.9 Å². The number of esters is 1. The number of carbonyl (C=O) groups is 6. The first-order valence-corrected chi connectivity index (χ1v) is 15.2. The Morgan fingerprint density at radius 3 is 2.36 bits per heavy atom. The van der Waals surface area contributed by atoms with Crippen molar-refractivity contribution in [3.8, 4) is 0 Å². The quantitative estimate of drug-likeness (QED) is 0.0792. The minimum atomic E-state index is -1.09. The number of primary amides is 1. The van der Waals surface area contributed by atoms with Gasteiger partial charge in [-0.1, -0.05) is 50.3 Å². The lowest BCUT2D eigenvalue weighted by Gasteiger charge is -2.26. The minimum Gasteiger partial charge on any atom is -0.463 e. The molecule has 14 nitrogen and oxygen atoms in total. The zero-order valence-electron chi connectivity index (χ0n) is 26.1. The monoisotopic (exact) mass is 630 g/mol. The summed E-state index contributed by atoms with van der Waals surface area (Å²) in [6.07, 6.45) is 3.38. The van der Waals surface area contributed by atoms with Crippen molar-refractivity contribution in [2.45, 2.75) is 77.6 Å². The van der Waals surface area contributed by atoms with Gasteiger partial charge >= 0.3 is 18.1 Å². The number of ether oxygens (including phenoxy) is 2. The highest BCUT2D eigenvalue weighted by atomic mass is 16.5. The highest BCUT2D eigenvalue weighted by Crippen LogP contribution is 2.17. The van der Waals surface area contributed by atoms with Crippen LogP contribution in [0.25, 0.3) is 0 Å². The maximum Gasteiger partial charge on any atom is 0.408 e. The Kier molecular flexibility index (Phi) is 15.9. The molecule has 0 bridgehead atoms. The van der Waals surface area contributed by atoms with Crippen molar-refractivity contribution in [1.29, 1.82) is 0 Å². The molecule has 1 fully saturated rings. The van der Waals surface area contributed by atoms with Crippen LogP contribution in [0.2, 0.25) is 0 Å². The predicted molar refractivity (Wildman–Crippen MR) is 165 cm³/mol. The fourth-order valence-corrected chi connectivity index (χ4v) is 4.70. The first kappa shape index (κ1) is 36.6. The Morgan fingerprint density at radius 2 is 1.73 bits per heavy atom. The van der Waals surface area contributed by atoms with Gasteiger partial charge in [-0.3, -0.25) is 14.4 Å². The molecule has 0 saturated carbocycles. The zero-order valence-corrected chi connectivity index (χ0v) is 26.1. The number of alkyl carbamates (subject to hydrolysis) is 1. The van der Waals surface area contributed by atoms with E-state index in [0.29, 0.717) is 19.4 Å². The molecule has 14 heteroatoms. The molecule has 2 rings (SSSR count). The van der Waals surface area contributed by atoms with Gasteiger partial charge in [-0.05, 0) is 50.5 Å². The molecule has 1 aliphatic heterocycles. The van der Waals surface area contributed by atoms with Crippen LogP contribution >= 0.6 is 0 Å². The third-order valence-corrected chi connectivity index (χ3v) is 6.91. The number of hydrogen-bond donors (Lipinski definition) is 6. The Morgan fingerprint density at radius 1 is 1.02 bits per heavy atom. The van der Waals surface area contributed by atoms with Crippen LogP contribution < -0.4 is 32.3 Å². The summed E-state index contributed by atoms with van der Waals surface area (Å²) >= 11 is 0. The predicted octanol–water partition coefficient (Wildman–Crippen LogP) is 1.39. The van der Waals surface area contributed by atoms with Crippen molar-refractivity contribution in [2.24, 2.45) is 17.6 Å². The number of nitrogens with two attached hydrogens (primary N) is 1. The lowest BCUT2D eigenvalue weighted by Crippen LogP contribution is -2.55. The fourth-order valence-electron chi connectivity index (χ4n) is 4.70. The van der Waals surface area contributed by atoms with Crippen LogP contribution in [-0.2, 0) is 35.3 Å². The number of hydrogen-bond acceptors (Lipinski definition) is 8. The molecule has 4 atom stereocenters. The molecule has 0 radical (unpaired) electrons. The molecule has 1 saturated heterocycles. The second kappa shape index (κ2) is 19.6. The van der Waals surface area contributed by atoms with Gasteiger partial charge < -0.3 is 41.8 Å². The number of benzene rings is 1. The SMILES string of the molecule is CCOC(=O)C=C[C@H](C[C@@H]1CCNC1=O)NC(=O)[C@H](CC(C)C)NC(=O)[C@H](CCCNC(N)=O)NC(=O)OCc1ccccc1. The molecule has 1 aliphatic rings. The first-order valence-electron chi connectivity index (χ1n) is 15.2. The molecule has 0 spiro atoms. The van der Waals surface area contributed by atoms with Gasteiger partial charge in [0.1, 0.15) is 18.7 Å². The van der Waals surface area contributed by atoms with Crippen LogP contribution in [0, 0.1) is 11.8 Å². The Balaban J connectivity index is 2.15. The van der Waals surface area contributed by atoms with Gasteiger partial charge in [-0.2, -0.15) is 0 Å². The molecule has 7 N–H and O–H groups in total. The van der Waals surface area contributed by atoms with Crippen LogP contribution in [0.5, 0.6) is 0 Å². The maximum absolute atomic E-state index is 13.5. The molecular formula is C31H46N6O8. The molecule has 0 aromatic heterocycles. The maximum atomic E-state index is 13.5.